The highest BCUT2D eigenvalue weighted by atomic mass is 35.5. The minimum Gasteiger partial charge on any atom is -0.465 e. The van der Waals surface area contributed by atoms with E-state index >= 15 is 0 Å². The first-order chi connectivity index (χ1) is 9.11. The number of anilines is 1. The first kappa shape index (κ1) is 14.2. The van der Waals surface area contributed by atoms with Crippen LogP contribution in [0.5, 0.6) is 0 Å². The molecule has 1 atom stereocenters. The van der Waals surface area contributed by atoms with Crippen LogP contribution in [0.2, 0.25) is 5.02 Å². The Labute approximate surface area is 120 Å². The molecule has 4 nitrogen and oxygen atoms in total. The molecule has 2 rings (SSSR count). The van der Waals surface area contributed by atoms with Gasteiger partial charge in [-0.2, -0.15) is 11.8 Å². The van der Waals surface area contributed by atoms with Crippen LogP contribution in [0.3, 0.4) is 0 Å². The number of esters is 1. The number of amides is 1. The van der Waals surface area contributed by atoms with Crippen LogP contribution in [0.25, 0.3) is 0 Å². The van der Waals surface area contributed by atoms with Gasteiger partial charge in [-0.05, 0) is 30.4 Å². The summed E-state index contributed by atoms with van der Waals surface area (Å²) in [6.45, 7) is 0. The third-order valence-corrected chi connectivity index (χ3v) is 4.44. The zero-order valence-corrected chi connectivity index (χ0v) is 12.0. The molecule has 1 saturated heterocycles. The van der Waals surface area contributed by atoms with Crippen LogP contribution in [0.4, 0.5) is 5.69 Å². The SMILES string of the molecule is COC(=O)c1ccc(Cl)c(NC(=O)C2CCSC2)c1. The van der Waals surface area contributed by atoms with Gasteiger partial charge in [-0.1, -0.05) is 11.6 Å². The number of hydrogen-bond acceptors (Lipinski definition) is 4. The minimum absolute atomic E-state index is 0.0165. The van der Waals surface area contributed by atoms with Crippen molar-refractivity contribution in [3.8, 4) is 0 Å². The van der Waals surface area contributed by atoms with E-state index in [0.29, 0.717) is 16.3 Å². The van der Waals surface area contributed by atoms with E-state index in [-0.39, 0.29) is 11.8 Å². The van der Waals surface area contributed by atoms with Crippen molar-refractivity contribution in [3.63, 3.8) is 0 Å². The van der Waals surface area contributed by atoms with Gasteiger partial charge in [0.15, 0.2) is 0 Å². The molecule has 0 aromatic heterocycles. The maximum atomic E-state index is 12.0. The zero-order chi connectivity index (χ0) is 13.8. The summed E-state index contributed by atoms with van der Waals surface area (Å²) in [7, 11) is 1.31. The van der Waals surface area contributed by atoms with E-state index in [2.05, 4.69) is 10.1 Å². The van der Waals surface area contributed by atoms with Crippen molar-refractivity contribution in [1.29, 1.82) is 0 Å². The van der Waals surface area contributed by atoms with Gasteiger partial charge in [-0.3, -0.25) is 4.79 Å². The summed E-state index contributed by atoms with van der Waals surface area (Å²) in [4.78, 5) is 23.5. The zero-order valence-electron chi connectivity index (χ0n) is 10.4. The molecule has 0 saturated carbocycles. The lowest BCUT2D eigenvalue weighted by Crippen LogP contribution is -2.22. The molecule has 1 aliphatic heterocycles. The number of rotatable bonds is 3. The maximum absolute atomic E-state index is 12.0. The third kappa shape index (κ3) is 3.42. The van der Waals surface area contributed by atoms with E-state index in [1.165, 1.54) is 13.2 Å². The second-order valence-electron chi connectivity index (χ2n) is 4.24. The highest BCUT2D eigenvalue weighted by molar-refractivity contribution is 7.99. The van der Waals surface area contributed by atoms with E-state index < -0.39 is 5.97 Å². The Morgan fingerprint density at radius 1 is 1.47 bits per heavy atom. The Morgan fingerprint density at radius 2 is 2.26 bits per heavy atom. The van der Waals surface area contributed by atoms with Crippen molar-refractivity contribution >= 4 is 40.9 Å². The van der Waals surface area contributed by atoms with Gasteiger partial charge < -0.3 is 10.1 Å². The van der Waals surface area contributed by atoms with Gasteiger partial charge in [0.1, 0.15) is 0 Å². The number of benzene rings is 1. The lowest BCUT2D eigenvalue weighted by atomic mass is 10.1. The minimum atomic E-state index is -0.455. The van der Waals surface area contributed by atoms with Gasteiger partial charge in [0.2, 0.25) is 5.91 Å². The first-order valence-corrected chi connectivity index (χ1v) is 7.41. The topological polar surface area (TPSA) is 55.4 Å². The molecule has 0 radical (unpaired) electrons. The van der Waals surface area contributed by atoms with Crippen LogP contribution in [0.15, 0.2) is 18.2 Å². The molecule has 6 heteroatoms. The Morgan fingerprint density at radius 3 is 2.89 bits per heavy atom. The average Bonchev–Trinajstić information content (AvgIpc) is 2.94. The second-order valence-corrected chi connectivity index (χ2v) is 5.79. The average molecular weight is 300 g/mol. The molecular weight excluding hydrogens is 286 g/mol. The largest absolute Gasteiger partial charge is 0.465 e. The van der Waals surface area contributed by atoms with Crippen molar-refractivity contribution in [3.05, 3.63) is 28.8 Å². The van der Waals surface area contributed by atoms with Crippen LogP contribution in [0.1, 0.15) is 16.8 Å². The predicted octanol–water partition coefficient (Wildman–Crippen LogP) is 2.82. The van der Waals surface area contributed by atoms with Gasteiger partial charge in [0.25, 0.3) is 0 Å². The summed E-state index contributed by atoms with van der Waals surface area (Å²) in [5.74, 6) is 1.36. The van der Waals surface area contributed by atoms with Gasteiger partial charge >= 0.3 is 5.97 Å². The lowest BCUT2D eigenvalue weighted by Gasteiger charge is -2.12. The van der Waals surface area contributed by atoms with E-state index in [4.69, 9.17) is 11.6 Å². The van der Waals surface area contributed by atoms with Crippen molar-refractivity contribution in [2.75, 3.05) is 23.9 Å². The molecule has 19 heavy (non-hydrogen) atoms. The maximum Gasteiger partial charge on any atom is 0.337 e. The van der Waals surface area contributed by atoms with Crippen molar-refractivity contribution in [2.24, 2.45) is 5.92 Å². The molecule has 1 heterocycles. The Hall–Kier alpha value is -1.20. The summed E-state index contributed by atoms with van der Waals surface area (Å²) in [5.41, 5.74) is 0.814. The molecule has 1 aliphatic rings. The quantitative estimate of drug-likeness (QED) is 0.872. The van der Waals surface area contributed by atoms with Crippen molar-refractivity contribution < 1.29 is 14.3 Å². The number of carbonyl (C=O) groups excluding carboxylic acids is 2. The summed E-state index contributed by atoms with van der Waals surface area (Å²) >= 11 is 7.79. The van der Waals surface area contributed by atoms with E-state index in [0.717, 1.165) is 17.9 Å². The number of hydrogen-bond donors (Lipinski definition) is 1. The Balaban J connectivity index is 2.14. The molecule has 102 valence electrons. The monoisotopic (exact) mass is 299 g/mol. The summed E-state index contributed by atoms with van der Waals surface area (Å²) in [6.07, 6.45) is 0.880. The molecule has 1 aromatic rings. The van der Waals surface area contributed by atoms with Crippen LogP contribution in [0, 0.1) is 5.92 Å². The van der Waals surface area contributed by atoms with Crippen molar-refractivity contribution in [1.82, 2.24) is 0 Å². The summed E-state index contributed by atoms with van der Waals surface area (Å²) in [6, 6.07) is 4.68. The van der Waals surface area contributed by atoms with Crippen LogP contribution in [-0.2, 0) is 9.53 Å². The molecule has 0 spiro atoms. The fourth-order valence-electron chi connectivity index (χ4n) is 1.84. The Bertz CT molecular complexity index is 501. The molecule has 1 unspecified atom stereocenters. The molecule has 1 aromatic carbocycles. The van der Waals surface area contributed by atoms with Crippen LogP contribution >= 0.6 is 23.4 Å². The second kappa shape index (κ2) is 6.30. The lowest BCUT2D eigenvalue weighted by molar-refractivity contribution is -0.119. The number of methoxy groups -OCH3 is 1. The fraction of sp³-hybridized carbons (Fsp3) is 0.385. The highest BCUT2D eigenvalue weighted by Crippen LogP contribution is 2.27. The number of halogens is 1. The van der Waals surface area contributed by atoms with Gasteiger partial charge in [-0.15, -0.1) is 0 Å². The number of nitrogens with one attached hydrogen (secondary N) is 1. The third-order valence-electron chi connectivity index (χ3n) is 2.95. The van der Waals surface area contributed by atoms with Gasteiger partial charge in [0.05, 0.1) is 23.4 Å². The van der Waals surface area contributed by atoms with Crippen LogP contribution in [-0.4, -0.2) is 30.5 Å². The number of thioether (sulfide) groups is 1. The first-order valence-electron chi connectivity index (χ1n) is 5.88. The van der Waals surface area contributed by atoms with E-state index in [9.17, 15) is 9.59 Å². The van der Waals surface area contributed by atoms with E-state index in [1.807, 2.05) is 0 Å². The molecule has 0 bridgehead atoms. The molecule has 1 N–H and O–H groups in total. The fourth-order valence-corrected chi connectivity index (χ4v) is 3.23. The number of ether oxygens (including phenoxy) is 1. The van der Waals surface area contributed by atoms with Gasteiger partial charge in [0, 0.05) is 11.7 Å². The highest BCUT2D eigenvalue weighted by Gasteiger charge is 2.24. The normalized spacial score (nSPS) is 18.1. The van der Waals surface area contributed by atoms with Crippen molar-refractivity contribution in [2.45, 2.75) is 6.42 Å². The predicted molar refractivity (Wildman–Crippen MR) is 76.9 cm³/mol. The van der Waals surface area contributed by atoms with E-state index in [1.54, 1.807) is 23.9 Å². The summed E-state index contributed by atoms with van der Waals surface area (Å²) in [5, 5.41) is 3.19. The standard InChI is InChI=1S/C13H14ClNO3S/c1-18-13(17)8-2-3-10(14)11(6-8)15-12(16)9-4-5-19-7-9/h2-3,6,9H,4-5,7H2,1H3,(H,15,16). The molecule has 1 amide bonds. The molecular formula is C13H14ClNO3S. The number of carbonyl (C=O) groups is 2. The smallest absolute Gasteiger partial charge is 0.337 e. The Kier molecular flexibility index (Phi) is 4.71. The molecule has 0 aliphatic carbocycles. The van der Waals surface area contributed by atoms with Gasteiger partial charge in [-0.25, -0.2) is 4.79 Å². The summed E-state index contributed by atoms with van der Waals surface area (Å²) < 4.78 is 4.64. The molecule has 1 fully saturated rings. The van der Waals surface area contributed by atoms with Crippen LogP contribution < -0.4 is 5.32 Å².